The summed E-state index contributed by atoms with van der Waals surface area (Å²) in [6, 6.07) is 9.77. The molecule has 1 aromatic rings. The van der Waals surface area contributed by atoms with Crippen LogP contribution >= 0.6 is 0 Å². The van der Waals surface area contributed by atoms with E-state index in [2.05, 4.69) is 6.58 Å². The highest BCUT2D eigenvalue weighted by Gasteiger charge is 1.97. The smallest absolute Gasteiger partial charge is 0.0355 e. The predicted molar refractivity (Wildman–Crippen MR) is 48.9 cm³/mol. The number of benzene rings is 1. The summed E-state index contributed by atoms with van der Waals surface area (Å²) in [5, 5.41) is 7.34. The lowest BCUT2D eigenvalue weighted by molar-refractivity contribution is 1.49. The topological polar surface area (TPSA) is 23.9 Å². The summed E-state index contributed by atoms with van der Waals surface area (Å²) in [6.07, 6.45) is 0. The van der Waals surface area contributed by atoms with Gasteiger partial charge in [-0.25, -0.2) is 0 Å². The lowest BCUT2D eigenvalue weighted by Gasteiger charge is -2.01. The summed E-state index contributed by atoms with van der Waals surface area (Å²) in [7, 11) is 0. The van der Waals surface area contributed by atoms with E-state index >= 15 is 0 Å². The van der Waals surface area contributed by atoms with Crippen LogP contribution in [0.3, 0.4) is 0 Å². The number of allylic oxidation sites excluding steroid dienone is 1. The summed E-state index contributed by atoms with van der Waals surface area (Å²) < 4.78 is 0. The van der Waals surface area contributed by atoms with Crippen molar-refractivity contribution in [2.75, 3.05) is 0 Å². The molecule has 0 unspecified atom stereocenters. The van der Waals surface area contributed by atoms with Gasteiger partial charge >= 0.3 is 0 Å². The molecule has 56 valence electrons. The molecule has 0 atom stereocenters. The Hall–Kier alpha value is -1.37. The van der Waals surface area contributed by atoms with Gasteiger partial charge in [-0.15, -0.1) is 0 Å². The van der Waals surface area contributed by atoms with Gasteiger partial charge in [0.2, 0.25) is 0 Å². The molecule has 1 N–H and O–H groups in total. The van der Waals surface area contributed by atoms with Gasteiger partial charge in [-0.3, -0.25) is 0 Å². The molecule has 0 amide bonds. The summed E-state index contributed by atoms with van der Waals surface area (Å²) in [4.78, 5) is 0. The molecule has 0 radical (unpaired) electrons. The number of hydrogen-bond donors (Lipinski definition) is 1. The molecule has 1 nitrogen and oxygen atoms in total. The van der Waals surface area contributed by atoms with Gasteiger partial charge in [-0.2, -0.15) is 0 Å². The zero-order chi connectivity index (χ0) is 8.27. The van der Waals surface area contributed by atoms with E-state index in [0.717, 1.165) is 11.1 Å². The standard InChI is InChI=1S/C10H11N/c1-8(9(2)11)10-6-4-3-5-7-10/h3-7,11H,1H2,2H3. The molecule has 0 spiro atoms. The second kappa shape index (κ2) is 3.15. The molecular weight excluding hydrogens is 134 g/mol. The molecule has 0 saturated carbocycles. The first-order valence-electron chi connectivity index (χ1n) is 3.51. The molecule has 0 aromatic heterocycles. The van der Waals surface area contributed by atoms with E-state index in [0.29, 0.717) is 5.71 Å². The van der Waals surface area contributed by atoms with E-state index < -0.39 is 0 Å². The average Bonchev–Trinajstić information content (AvgIpc) is 2.05. The third-order valence-electron chi connectivity index (χ3n) is 1.57. The van der Waals surface area contributed by atoms with Crippen LogP contribution in [0.1, 0.15) is 12.5 Å². The SMILES string of the molecule is C=C(C(C)=N)c1ccccc1. The Morgan fingerprint density at radius 3 is 2.27 bits per heavy atom. The van der Waals surface area contributed by atoms with Crippen molar-refractivity contribution in [3.8, 4) is 0 Å². The summed E-state index contributed by atoms with van der Waals surface area (Å²) >= 11 is 0. The van der Waals surface area contributed by atoms with Crippen molar-refractivity contribution in [1.82, 2.24) is 0 Å². The third kappa shape index (κ3) is 1.77. The lowest BCUT2D eigenvalue weighted by Crippen LogP contribution is -1.91. The van der Waals surface area contributed by atoms with Crippen LogP contribution in [-0.2, 0) is 0 Å². The first-order valence-corrected chi connectivity index (χ1v) is 3.51. The van der Waals surface area contributed by atoms with Crippen LogP contribution in [0.4, 0.5) is 0 Å². The highest BCUT2D eigenvalue weighted by Crippen LogP contribution is 2.11. The maximum Gasteiger partial charge on any atom is 0.0355 e. The van der Waals surface area contributed by atoms with E-state index in [1.54, 1.807) is 6.92 Å². The second-order valence-electron chi connectivity index (χ2n) is 2.47. The molecule has 0 bridgehead atoms. The van der Waals surface area contributed by atoms with Crippen LogP contribution in [0.15, 0.2) is 36.9 Å². The van der Waals surface area contributed by atoms with Gasteiger partial charge in [0.15, 0.2) is 0 Å². The minimum atomic E-state index is 0.524. The van der Waals surface area contributed by atoms with E-state index in [9.17, 15) is 0 Å². The monoisotopic (exact) mass is 145 g/mol. The van der Waals surface area contributed by atoms with E-state index in [1.165, 1.54) is 0 Å². The third-order valence-corrected chi connectivity index (χ3v) is 1.57. The Labute approximate surface area is 66.9 Å². The minimum Gasteiger partial charge on any atom is -0.305 e. The lowest BCUT2D eigenvalue weighted by atomic mass is 10.0. The Bertz CT molecular complexity index is 272. The van der Waals surface area contributed by atoms with Crippen LogP contribution in [-0.4, -0.2) is 5.71 Å². The fourth-order valence-electron chi connectivity index (χ4n) is 0.856. The first-order chi connectivity index (χ1) is 5.22. The molecule has 1 heteroatoms. The van der Waals surface area contributed by atoms with Crippen molar-refractivity contribution in [2.45, 2.75) is 6.92 Å². The molecule has 0 aliphatic rings. The van der Waals surface area contributed by atoms with E-state index in [4.69, 9.17) is 5.41 Å². The van der Waals surface area contributed by atoms with Gasteiger partial charge in [0.05, 0.1) is 0 Å². The second-order valence-corrected chi connectivity index (χ2v) is 2.47. The van der Waals surface area contributed by atoms with Gasteiger partial charge in [0, 0.05) is 5.71 Å². The number of rotatable bonds is 2. The quantitative estimate of drug-likeness (QED) is 0.619. The highest BCUT2D eigenvalue weighted by molar-refractivity contribution is 6.20. The maximum atomic E-state index is 7.34. The zero-order valence-electron chi connectivity index (χ0n) is 6.59. The van der Waals surface area contributed by atoms with E-state index in [1.807, 2.05) is 30.3 Å². The maximum absolute atomic E-state index is 7.34. The van der Waals surface area contributed by atoms with Crippen LogP contribution in [0, 0.1) is 5.41 Å². The Balaban J connectivity index is 2.95. The summed E-state index contributed by atoms with van der Waals surface area (Å²) in [5.41, 5.74) is 2.35. The van der Waals surface area contributed by atoms with Crippen molar-refractivity contribution in [3.05, 3.63) is 42.5 Å². The molecule has 1 aromatic carbocycles. The van der Waals surface area contributed by atoms with Gasteiger partial charge in [0.25, 0.3) is 0 Å². The molecule has 1 rings (SSSR count). The van der Waals surface area contributed by atoms with Crippen LogP contribution in [0.25, 0.3) is 5.57 Å². The van der Waals surface area contributed by atoms with Crippen molar-refractivity contribution < 1.29 is 0 Å². The molecule has 0 heterocycles. The molecule has 0 aliphatic heterocycles. The normalized spacial score (nSPS) is 9.18. The van der Waals surface area contributed by atoms with Gasteiger partial charge in [-0.1, -0.05) is 36.9 Å². The first kappa shape index (κ1) is 7.73. The van der Waals surface area contributed by atoms with Crippen LogP contribution < -0.4 is 0 Å². The average molecular weight is 145 g/mol. The summed E-state index contributed by atoms with van der Waals surface area (Å²) in [6.45, 7) is 5.55. The largest absolute Gasteiger partial charge is 0.305 e. The molecule has 11 heavy (non-hydrogen) atoms. The molecule has 0 aliphatic carbocycles. The van der Waals surface area contributed by atoms with Gasteiger partial charge in [-0.05, 0) is 18.1 Å². The fraction of sp³-hybridized carbons (Fsp3) is 0.100. The highest BCUT2D eigenvalue weighted by atomic mass is 14.4. The molecule has 0 saturated heterocycles. The van der Waals surface area contributed by atoms with Crippen molar-refractivity contribution in [1.29, 1.82) is 5.41 Å². The van der Waals surface area contributed by atoms with Crippen molar-refractivity contribution in [2.24, 2.45) is 0 Å². The van der Waals surface area contributed by atoms with Gasteiger partial charge in [0.1, 0.15) is 0 Å². The zero-order valence-corrected chi connectivity index (χ0v) is 6.59. The Kier molecular flexibility index (Phi) is 2.21. The number of nitrogens with one attached hydrogen (secondary N) is 1. The minimum absolute atomic E-state index is 0.524. The molecule has 0 fully saturated rings. The Morgan fingerprint density at radius 2 is 1.82 bits per heavy atom. The van der Waals surface area contributed by atoms with Crippen molar-refractivity contribution >= 4 is 11.3 Å². The fourth-order valence-corrected chi connectivity index (χ4v) is 0.856. The van der Waals surface area contributed by atoms with E-state index in [-0.39, 0.29) is 0 Å². The summed E-state index contributed by atoms with van der Waals surface area (Å²) in [5.74, 6) is 0. The van der Waals surface area contributed by atoms with Crippen LogP contribution in [0.2, 0.25) is 0 Å². The molecular formula is C10H11N. The number of hydrogen-bond acceptors (Lipinski definition) is 1. The van der Waals surface area contributed by atoms with Crippen molar-refractivity contribution in [3.63, 3.8) is 0 Å². The predicted octanol–water partition coefficient (Wildman–Crippen LogP) is 2.74. The van der Waals surface area contributed by atoms with Crippen LogP contribution in [0.5, 0.6) is 0 Å². The van der Waals surface area contributed by atoms with Gasteiger partial charge < -0.3 is 5.41 Å². The Morgan fingerprint density at radius 1 is 1.27 bits per heavy atom.